The molecule has 6 rings (SSSR count). The van der Waals surface area contributed by atoms with Gasteiger partial charge < -0.3 is 9.47 Å². The first-order valence-corrected chi connectivity index (χ1v) is 11.9. The van der Waals surface area contributed by atoms with Crippen LogP contribution >= 0.6 is 0 Å². The largest absolute Gasteiger partial charge is 0.478 e. The minimum atomic E-state index is -0.430. The highest BCUT2D eigenvalue weighted by Gasteiger charge is 2.52. The second-order valence-corrected chi connectivity index (χ2v) is 9.38. The van der Waals surface area contributed by atoms with Crippen LogP contribution < -0.4 is 0 Å². The zero-order valence-electron chi connectivity index (χ0n) is 18.7. The van der Waals surface area contributed by atoms with Gasteiger partial charge in [-0.05, 0) is 47.9 Å². The Morgan fingerprint density at radius 1 is 0.606 bits per heavy atom. The Bertz CT molecular complexity index is 1090. The van der Waals surface area contributed by atoms with Gasteiger partial charge in [0.05, 0.1) is 12.1 Å². The van der Waals surface area contributed by atoms with E-state index >= 15 is 0 Å². The molecule has 0 bridgehead atoms. The van der Waals surface area contributed by atoms with Gasteiger partial charge in [0.15, 0.2) is 11.8 Å². The van der Waals surface area contributed by atoms with Crippen LogP contribution in [0.2, 0.25) is 0 Å². The van der Waals surface area contributed by atoms with E-state index in [0.29, 0.717) is 13.2 Å². The highest BCUT2D eigenvalue weighted by molar-refractivity contribution is 6.07. The van der Waals surface area contributed by atoms with Crippen LogP contribution in [0, 0.1) is 5.41 Å². The van der Waals surface area contributed by atoms with E-state index in [9.17, 15) is 0 Å². The fraction of sp³-hybridized carbons (Fsp3) is 0.310. The van der Waals surface area contributed by atoms with Crippen LogP contribution in [0.4, 0.5) is 0 Å². The second kappa shape index (κ2) is 8.51. The van der Waals surface area contributed by atoms with Crippen molar-refractivity contribution >= 4 is 11.8 Å². The molecular weight excluding hydrogens is 408 g/mol. The standard InChI is InChI=1S/C29H28N2O2/c1-3-9-21(10-4-1)15-25-19-32-27(30-25)29(17-23-13-7-8-14-24(23)18-29)28-31-26(20-33-28)16-22-11-5-2-6-12-22/h1-14,25-26H,15-20H2/t25-,26-/m0/s1. The second-order valence-electron chi connectivity index (χ2n) is 9.38. The Labute approximate surface area is 195 Å². The monoisotopic (exact) mass is 436 g/mol. The third-order valence-corrected chi connectivity index (χ3v) is 6.97. The first-order valence-electron chi connectivity index (χ1n) is 11.9. The number of nitrogens with zero attached hydrogens (tertiary/aromatic N) is 2. The highest BCUT2D eigenvalue weighted by Crippen LogP contribution is 2.43. The lowest BCUT2D eigenvalue weighted by molar-refractivity contribution is 0.253. The molecule has 2 atom stereocenters. The third kappa shape index (κ3) is 3.95. The lowest BCUT2D eigenvalue weighted by atomic mass is 9.83. The minimum absolute atomic E-state index is 0.130. The summed E-state index contributed by atoms with van der Waals surface area (Å²) in [7, 11) is 0. The summed E-state index contributed by atoms with van der Waals surface area (Å²) in [4.78, 5) is 10.2. The lowest BCUT2D eigenvalue weighted by Crippen LogP contribution is -2.41. The van der Waals surface area contributed by atoms with E-state index < -0.39 is 5.41 Å². The van der Waals surface area contributed by atoms with Crippen LogP contribution in [0.25, 0.3) is 0 Å². The molecule has 0 N–H and O–H groups in total. The number of benzene rings is 3. The zero-order valence-corrected chi connectivity index (χ0v) is 18.7. The van der Waals surface area contributed by atoms with Crippen LogP contribution in [-0.4, -0.2) is 37.1 Å². The Morgan fingerprint density at radius 2 is 1.03 bits per heavy atom. The topological polar surface area (TPSA) is 43.2 Å². The average Bonchev–Trinajstić information content (AvgIpc) is 3.59. The minimum Gasteiger partial charge on any atom is -0.478 e. The summed E-state index contributed by atoms with van der Waals surface area (Å²) in [6.07, 6.45) is 3.43. The molecule has 0 saturated carbocycles. The van der Waals surface area contributed by atoms with Crippen molar-refractivity contribution in [3.8, 4) is 0 Å². The summed E-state index contributed by atoms with van der Waals surface area (Å²) in [5.41, 5.74) is 4.83. The maximum absolute atomic E-state index is 6.31. The van der Waals surface area contributed by atoms with E-state index in [4.69, 9.17) is 19.5 Å². The predicted octanol–water partition coefficient (Wildman–Crippen LogP) is 4.85. The molecule has 0 fully saturated rings. The van der Waals surface area contributed by atoms with E-state index in [-0.39, 0.29) is 12.1 Å². The summed E-state index contributed by atoms with van der Waals surface area (Å²) < 4.78 is 12.6. The van der Waals surface area contributed by atoms with Gasteiger partial charge in [0.2, 0.25) is 0 Å². The van der Waals surface area contributed by atoms with Crippen LogP contribution in [-0.2, 0) is 35.2 Å². The molecule has 0 amide bonds. The van der Waals surface area contributed by atoms with Crippen molar-refractivity contribution in [3.05, 3.63) is 107 Å². The van der Waals surface area contributed by atoms with Crippen molar-refractivity contribution in [2.75, 3.05) is 13.2 Å². The molecule has 0 unspecified atom stereocenters. The molecule has 3 aliphatic rings. The quantitative estimate of drug-likeness (QED) is 0.554. The number of hydrogen-bond donors (Lipinski definition) is 0. The molecule has 33 heavy (non-hydrogen) atoms. The maximum Gasteiger partial charge on any atom is 0.200 e. The first-order chi connectivity index (χ1) is 16.3. The van der Waals surface area contributed by atoms with E-state index in [1.807, 2.05) is 0 Å². The van der Waals surface area contributed by atoms with Crippen molar-refractivity contribution in [2.45, 2.75) is 37.8 Å². The molecule has 3 aromatic carbocycles. The Kier molecular flexibility index (Phi) is 5.21. The van der Waals surface area contributed by atoms with Gasteiger partial charge in [0.25, 0.3) is 0 Å². The molecule has 0 saturated heterocycles. The molecule has 4 heteroatoms. The van der Waals surface area contributed by atoms with Crippen LogP contribution in [0.3, 0.4) is 0 Å². The Hall–Kier alpha value is -3.40. The van der Waals surface area contributed by atoms with Crippen molar-refractivity contribution in [1.82, 2.24) is 0 Å². The fourth-order valence-corrected chi connectivity index (χ4v) is 5.34. The first kappa shape index (κ1) is 20.2. The summed E-state index contributed by atoms with van der Waals surface area (Å²) in [5.74, 6) is 1.61. The lowest BCUT2D eigenvalue weighted by Gasteiger charge is -2.27. The van der Waals surface area contributed by atoms with E-state index in [1.54, 1.807) is 0 Å². The van der Waals surface area contributed by atoms with Crippen LogP contribution in [0.15, 0.2) is 94.9 Å². The van der Waals surface area contributed by atoms with Gasteiger partial charge in [-0.15, -0.1) is 0 Å². The van der Waals surface area contributed by atoms with Crippen molar-refractivity contribution in [1.29, 1.82) is 0 Å². The van der Waals surface area contributed by atoms with Gasteiger partial charge in [-0.25, -0.2) is 9.98 Å². The Balaban J connectivity index is 1.30. The van der Waals surface area contributed by atoms with E-state index in [1.165, 1.54) is 22.3 Å². The van der Waals surface area contributed by atoms with Crippen LogP contribution in [0.1, 0.15) is 22.3 Å². The summed E-state index contributed by atoms with van der Waals surface area (Å²) in [5, 5.41) is 0. The molecule has 2 heterocycles. The normalized spacial score (nSPS) is 22.8. The van der Waals surface area contributed by atoms with Gasteiger partial charge >= 0.3 is 0 Å². The van der Waals surface area contributed by atoms with Gasteiger partial charge in [-0.1, -0.05) is 84.9 Å². The number of hydrogen-bond acceptors (Lipinski definition) is 4. The zero-order chi connectivity index (χ0) is 22.1. The van der Waals surface area contributed by atoms with Crippen molar-refractivity contribution < 1.29 is 9.47 Å². The maximum atomic E-state index is 6.31. The SMILES string of the molecule is c1ccc(C[C@H]2COC(C3(C4=N[C@@H](Cc5ccccc5)CO4)Cc4ccccc4C3)=N2)cc1. The van der Waals surface area contributed by atoms with E-state index in [2.05, 4.69) is 84.9 Å². The molecule has 3 aromatic rings. The van der Waals surface area contributed by atoms with Gasteiger partial charge in [-0.2, -0.15) is 0 Å². The molecule has 0 aromatic heterocycles. The average molecular weight is 437 g/mol. The van der Waals surface area contributed by atoms with Gasteiger partial charge in [0.1, 0.15) is 18.6 Å². The number of fused-ring (bicyclic) bond motifs is 1. The fourth-order valence-electron chi connectivity index (χ4n) is 5.34. The van der Waals surface area contributed by atoms with E-state index in [0.717, 1.165) is 37.5 Å². The molecule has 0 spiro atoms. The molecular formula is C29H28N2O2. The summed E-state index contributed by atoms with van der Waals surface area (Å²) >= 11 is 0. The third-order valence-electron chi connectivity index (χ3n) is 6.97. The highest BCUT2D eigenvalue weighted by atomic mass is 16.5. The molecule has 0 radical (unpaired) electrons. The predicted molar refractivity (Wildman–Crippen MR) is 131 cm³/mol. The van der Waals surface area contributed by atoms with Gasteiger partial charge in [0, 0.05) is 0 Å². The summed E-state index contributed by atoms with van der Waals surface area (Å²) in [6, 6.07) is 30.0. The molecule has 166 valence electrons. The molecule has 1 aliphatic carbocycles. The van der Waals surface area contributed by atoms with Gasteiger partial charge in [-0.3, -0.25) is 0 Å². The number of rotatable bonds is 6. The van der Waals surface area contributed by atoms with Crippen molar-refractivity contribution in [3.63, 3.8) is 0 Å². The summed E-state index contributed by atoms with van der Waals surface area (Å²) in [6.45, 7) is 1.23. The Morgan fingerprint density at radius 3 is 1.48 bits per heavy atom. The molecule has 4 nitrogen and oxygen atoms in total. The van der Waals surface area contributed by atoms with Crippen LogP contribution in [0.5, 0.6) is 0 Å². The smallest absolute Gasteiger partial charge is 0.200 e. The molecule has 2 aliphatic heterocycles. The number of aliphatic imine (C=N–C) groups is 2. The number of ether oxygens (including phenoxy) is 2. The van der Waals surface area contributed by atoms with Crippen molar-refractivity contribution in [2.24, 2.45) is 15.4 Å².